The molecule has 69 heavy (non-hydrogen) atoms. The van der Waals surface area contributed by atoms with Crippen molar-refractivity contribution in [2.45, 2.75) is 69.6 Å². The van der Waals surface area contributed by atoms with E-state index < -0.39 is 47.5 Å². The summed E-state index contributed by atoms with van der Waals surface area (Å²) in [5.74, 6) is -2.79. The summed E-state index contributed by atoms with van der Waals surface area (Å²) in [5, 5.41) is 9.54. The van der Waals surface area contributed by atoms with Gasteiger partial charge in [-0.05, 0) is 119 Å². The highest BCUT2D eigenvalue weighted by atomic mass is 16.5. The van der Waals surface area contributed by atoms with Crippen molar-refractivity contribution in [3.63, 3.8) is 0 Å². The highest BCUT2D eigenvalue weighted by molar-refractivity contribution is 6.03. The minimum atomic E-state index is -1.23. The Morgan fingerprint density at radius 3 is 1.41 bits per heavy atom. The molecule has 0 aliphatic heterocycles. The molecule has 3 atom stereocenters. The Morgan fingerprint density at radius 1 is 0.522 bits per heavy atom. The summed E-state index contributed by atoms with van der Waals surface area (Å²) in [6, 6.07) is 46.7. The van der Waals surface area contributed by atoms with Crippen molar-refractivity contribution < 1.29 is 33.4 Å². The van der Waals surface area contributed by atoms with Crippen LogP contribution in [0.4, 0.5) is 5.69 Å². The van der Waals surface area contributed by atoms with Crippen LogP contribution in [0.1, 0.15) is 116 Å². The first kappa shape index (κ1) is 44.2. The van der Waals surface area contributed by atoms with E-state index in [9.17, 15) is 14.4 Å². The number of esters is 2. The minimum absolute atomic E-state index is 0.00852. The molecule has 2 unspecified atom stereocenters. The monoisotopic (exact) mass is 917 g/mol. The lowest BCUT2D eigenvalue weighted by Crippen LogP contribution is -2.56. The summed E-state index contributed by atoms with van der Waals surface area (Å²) >= 11 is 0. The number of rotatable bonds is 14. The number of carbonyl (C=O) groups is 5. The van der Waals surface area contributed by atoms with Crippen LogP contribution >= 0.6 is 0 Å². The molecular weight excluding hydrogens is 863 g/mol. The molecule has 6 aromatic rings. The average Bonchev–Trinajstić information content (AvgIpc) is 3.38. The molecule has 6 bridgehead atoms. The molecule has 3 amide bonds. The van der Waals surface area contributed by atoms with Crippen LogP contribution in [0.2, 0.25) is 0 Å². The summed E-state index contributed by atoms with van der Waals surface area (Å²) in [4.78, 5) is 72.7. The standard InChI is InChI=1S/C59H55N3O7/c63-54(60-35-59-30-38-24-39(31-59)26-40(25-38)32-59)51-49-45-20-10-12-22-47(45)50(48-23-13-11-21-46(48)49)52(51)55(64)62-53(41-18-8-3-9-19-41)56(65)61-44-28-42(57(66)68-33-36-14-4-1-5-15-36)27-43(29-44)58(67)69-34-37-16-6-2-7-17-37/h1-23,27-29,38-40,49-53H,24-26,30-35H2,(H,60,63)(H,61,65)(H,62,64)/t38?,39?,40?,49?,50?,51?,52?,53-,59?/m0/s1. The smallest absolute Gasteiger partial charge is 0.338 e. The number of amides is 3. The molecule has 0 spiro atoms. The van der Waals surface area contributed by atoms with Gasteiger partial charge in [0.05, 0.1) is 23.0 Å². The average molecular weight is 918 g/mol. The summed E-state index contributed by atoms with van der Waals surface area (Å²) in [6.07, 6.45) is 7.36. The molecular formula is C59H55N3O7. The number of anilines is 1. The normalized spacial score (nSPS) is 24.8. The SMILES string of the molecule is O=C(OCc1ccccc1)c1cc(NC(=O)[C@@H](NC(=O)C2C3c4ccccc4C(c4ccccc43)C2C(=O)NCC23CC4CC(CC(C4)C2)C3)c2ccccc2)cc(C(=O)OCc2ccccc2)c1. The van der Waals surface area contributed by atoms with Crippen molar-refractivity contribution in [2.24, 2.45) is 35.0 Å². The summed E-state index contributed by atoms with van der Waals surface area (Å²) < 4.78 is 11.3. The molecule has 0 saturated heterocycles. The summed E-state index contributed by atoms with van der Waals surface area (Å²) in [6.45, 7) is 0.591. The Morgan fingerprint density at radius 2 is 0.942 bits per heavy atom. The van der Waals surface area contributed by atoms with Crippen LogP contribution in [-0.4, -0.2) is 36.2 Å². The number of nitrogens with one attached hydrogen (secondary N) is 3. The van der Waals surface area contributed by atoms with Gasteiger partial charge in [0.1, 0.15) is 19.3 Å². The minimum Gasteiger partial charge on any atom is -0.457 e. The van der Waals surface area contributed by atoms with E-state index in [0.717, 1.165) is 70.4 Å². The van der Waals surface area contributed by atoms with E-state index in [4.69, 9.17) is 9.47 Å². The lowest BCUT2D eigenvalue weighted by Gasteiger charge is -2.57. The van der Waals surface area contributed by atoms with Crippen molar-refractivity contribution in [1.82, 2.24) is 10.6 Å². The van der Waals surface area contributed by atoms with Crippen LogP contribution in [0.15, 0.2) is 158 Å². The fraction of sp³-hybridized carbons (Fsp3) is 0.305. The maximum absolute atomic E-state index is 15.5. The molecule has 4 fully saturated rings. The van der Waals surface area contributed by atoms with Crippen LogP contribution in [0.5, 0.6) is 0 Å². The zero-order valence-electron chi connectivity index (χ0n) is 38.4. The van der Waals surface area contributed by atoms with Crippen molar-refractivity contribution in [3.05, 3.63) is 208 Å². The third-order valence-electron chi connectivity index (χ3n) is 15.6. The van der Waals surface area contributed by atoms with Gasteiger partial charge in [-0.1, -0.05) is 140 Å². The molecule has 7 aliphatic rings. The lowest BCUT2D eigenvalue weighted by atomic mass is 9.49. The molecule has 0 aromatic heterocycles. The second kappa shape index (κ2) is 18.6. The predicted molar refractivity (Wildman–Crippen MR) is 261 cm³/mol. The lowest BCUT2D eigenvalue weighted by molar-refractivity contribution is -0.139. The third-order valence-corrected chi connectivity index (χ3v) is 15.6. The van der Waals surface area contributed by atoms with Crippen molar-refractivity contribution in [3.8, 4) is 0 Å². The molecule has 0 heterocycles. The van der Waals surface area contributed by atoms with Gasteiger partial charge in [-0.3, -0.25) is 14.4 Å². The Kier molecular flexibility index (Phi) is 11.9. The maximum Gasteiger partial charge on any atom is 0.338 e. The van der Waals surface area contributed by atoms with Crippen LogP contribution in [-0.2, 0) is 37.1 Å². The van der Waals surface area contributed by atoms with Gasteiger partial charge >= 0.3 is 11.9 Å². The largest absolute Gasteiger partial charge is 0.457 e. The first-order chi connectivity index (χ1) is 33.7. The number of ether oxygens (including phenoxy) is 2. The molecule has 7 aliphatic carbocycles. The molecule has 0 radical (unpaired) electrons. The van der Waals surface area contributed by atoms with Crippen LogP contribution in [0, 0.1) is 35.0 Å². The van der Waals surface area contributed by atoms with Gasteiger partial charge < -0.3 is 25.4 Å². The number of fused-ring (bicyclic) bond motifs is 1. The van der Waals surface area contributed by atoms with E-state index in [0.29, 0.717) is 12.1 Å². The van der Waals surface area contributed by atoms with Crippen LogP contribution < -0.4 is 16.0 Å². The van der Waals surface area contributed by atoms with Gasteiger partial charge in [0, 0.05) is 24.1 Å². The number of hydrogen-bond acceptors (Lipinski definition) is 7. The van der Waals surface area contributed by atoms with Gasteiger partial charge in [0.25, 0.3) is 5.91 Å². The van der Waals surface area contributed by atoms with E-state index >= 15 is 9.59 Å². The van der Waals surface area contributed by atoms with Crippen molar-refractivity contribution in [2.75, 3.05) is 11.9 Å². The van der Waals surface area contributed by atoms with Crippen LogP contribution in [0.3, 0.4) is 0 Å². The number of carbonyl (C=O) groups excluding carboxylic acids is 5. The highest BCUT2D eigenvalue weighted by Crippen LogP contribution is 2.61. The highest BCUT2D eigenvalue weighted by Gasteiger charge is 2.56. The first-order valence-electron chi connectivity index (χ1n) is 24.4. The zero-order valence-corrected chi connectivity index (χ0v) is 38.4. The van der Waals surface area contributed by atoms with Crippen LogP contribution in [0.25, 0.3) is 0 Å². The van der Waals surface area contributed by atoms with Gasteiger partial charge in [-0.2, -0.15) is 0 Å². The fourth-order valence-corrected chi connectivity index (χ4v) is 13.2. The first-order valence-corrected chi connectivity index (χ1v) is 24.4. The quantitative estimate of drug-likeness (QED) is 0.0925. The Balaban J connectivity index is 0.902. The Bertz CT molecular complexity index is 2760. The maximum atomic E-state index is 15.5. The van der Waals surface area contributed by atoms with E-state index in [1.165, 1.54) is 37.5 Å². The van der Waals surface area contributed by atoms with E-state index in [2.05, 4.69) is 40.2 Å². The zero-order chi connectivity index (χ0) is 47.1. The number of hydrogen-bond donors (Lipinski definition) is 3. The Hall–Kier alpha value is -7.33. The summed E-state index contributed by atoms with van der Waals surface area (Å²) in [5.41, 5.74) is 6.45. The second-order valence-electron chi connectivity index (χ2n) is 20.2. The van der Waals surface area contributed by atoms with E-state index in [1.807, 2.05) is 91.0 Å². The van der Waals surface area contributed by atoms with E-state index in [-0.39, 0.29) is 47.3 Å². The van der Waals surface area contributed by atoms with E-state index in [1.54, 1.807) is 24.3 Å². The molecule has 10 heteroatoms. The molecule has 4 saturated carbocycles. The van der Waals surface area contributed by atoms with Gasteiger partial charge in [-0.25, -0.2) is 9.59 Å². The molecule has 13 rings (SSSR count). The third kappa shape index (κ3) is 8.84. The fourth-order valence-electron chi connectivity index (χ4n) is 13.2. The topological polar surface area (TPSA) is 140 Å². The van der Waals surface area contributed by atoms with Gasteiger partial charge in [0.2, 0.25) is 11.8 Å². The molecule has 10 nitrogen and oxygen atoms in total. The number of benzene rings is 6. The predicted octanol–water partition coefficient (Wildman–Crippen LogP) is 10.1. The Labute approximate surface area is 402 Å². The molecule has 6 aromatic carbocycles. The van der Waals surface area contributed by atoms with Gasteiger partial charge in [0.15, 0.2) is 0 Å². The molecule has 348 valence electrons. The van der Waals surface area contributed by atoms with Crippen molar-refractivity contribution >= 4 is 35.3 Å². The molecule has 3 N–H and O–H groups in total. The summed E-state index contributed by atoms with van der Waals surface area (Å²) in [7, 11) is 0. The van der Waals surface area contributed by atoms with Crippen molar-refractivity contribution in [1.29, 1.82) is 0 Å². The van der Waals surface area contributed by atoms with Gasteiger partial charge in [-0.15, -0.1) is 0 Å². The second-order valence-corrected chi connectivity index (χ2v) is 20.2.